The van der Waals surface area contributed by atoms with E-state index in [4.69, 9.17) is 11.6 Å². The molecule has 4 rings (SSSR count). The Hall–Kier alpha value is -3.53. The Morgan fingerprint density at radius 1 is 0.914 bits per heavy atom. The van der Waals surface area contributed by atoms with Crippen molar-refractivity contribution in [3.8, 4) is 0 Å². The van der Waals surface area contributed by atoms with E-state index in [1.165, 1.54) is 25.3 Å². The van der Waals surface area contributed by atoms with Gasteiger partial charge >= 0.3 is 12.2 Å². The third kappa shape index (κ3) is 6.98. The molecule has 35 heavy (non-hydrogen) atoms. The first kappa shape index (κ1) is 24.6. The van der Waals surface area contributed by atoms with Crippen molar-refractivity contribution in [1.29, 1.82) is 0 Å². The lowest BCUT2D eigenvalue weighted by molar-refractivity contribution is -0.137. The number of anilines is 5. The van der Waals surface area contributed by atoms with Crippen LogP contribution in [0.5, 0.6) is 0 Å². The van der Waals surface area contributed by atoms with E-state index in [9.17, 15) is 18.0 Å². The van der Waals surface area contributed by atoms with Crippen molar-refractivity contribution in [3.63, 3.8) is 0 Å². The fraction of sp³-hybridized carbons (Fsp3) is 0.292. The number of rotatable bonds is 6. The number of carbonyl (C=O) groups excluding carboxylic acids is 1. The second-order valence-corrected chi connectivity index (χ2v) is 8.63. The molecule has 0 spiro atoms. The van der Waals surface area contributed by atoms with E-state index >= 15 is 0 Å². The molecule has 0 unspecified atom stereocenters. The van der Waals surface area contributed by atoms with Crippen LogP contribution in [0.4, 0.5) is 46.8 Å². The number of benzene rings is 2. The van der Waals surface area contributed by atoms with Crippen LogP contribution in [-0.2, 0) is 6.18 Å². The van der Waals surface area contributed by atoms with E-state index in [0.29, 0.717) is 23.4 Å². The van der Waals surface area contributed by atoms with Gasteiger partial charge in [-0.3, -0.25) is 0 Å². The largest absolute Gasteiger partial charge is 0.417 e. The van der Waals surface area contributed by atoms with Gasteiger partial charge in [0.1, 0.15) is 5.82 Å². The van der Waals surface area contributed by atoms with Gasteiger partial charge < -0.3 is 21.3 Å². The fourth-order valence-electron chi connectivity index (χ4n) is 3.84. The topological polar surface area (TPSA) is 91.0 Å². The van der Waals surface area contributed by atoms with Crippen LogP contribution in [0.25, 0.3) is 0 Å². The van der Waals surface area contributed by atoms with Gasteiger partial charge in [0.05, 0.1) is 10.6 Å². The number of nitrogens with zero attached hydrogens (tertiary/aromatic N) is 2. The van der Waals surface area contributed by atoms with Gasteiger partial charge in [-0.25, -0.2) is 9.78 Å². The number of hydrogen-bond donors (Lipinski definition) is 4. The molecule has 0 atom stereocenters. The maximum absolute atomic E-state index is 13.0. The number of aromatic nitrogens is 2. The first-order valence-corrected chi connectivity index (χ1v) is 11.6. The van der Waals surface area contributed by atoms with E-state index in [2.05, 4.69) is 31.2 Å². The molecular formula is C24H24ClF3N6O. The van der Waals surface area contributed by atoms with Crippen LogP contribution in [0, 0.1) is 0 Å². The average molecular weight is 505 g/mol. The first-order valence-electron chi connectivity index (χ1n) is 11.2. The van der Waals surface area contributed by atoms with Gasteiger partial charge in [0.15, 0.2) is 0 Å². The van der Waals surface area contributed by atoms with Gasteiger partial charge in [-0.05, 0) is 61.4 Å². The molecule has 4 N–H and O–H groups in total. The van der Waals surface area contributed by atoms with Crippen LogP contribution >= 0.6 is 11.6 Å². The Morgan fingerprint density at radius 3 is 2.29 bits per heavy atom. The Bertz CT molecular complexity index is 1170. The van der Waals surface area contributed by atoms with Crippen molar-refractivity contribution < 1.29 is 18.0 Å². The van der Waals surface area contributed by atoms with Gasteiger partial charge in [-0.2, -0.15) is 18.2 Å². The Labute approximate surface area is 205 Å². The molecule has 3 aromatic rings. The highest BCUT2D eigenvalue weighted by atomic mass is 35.5. The maximum Gasteiger partial charge on any atom is 0.417 e. The average Bonchev–Trinajstić information content (AvgIpc) is 2.82. The number of alkyl halides is 3. The summed E-state index contributed by atoms with van der Waals surface area (Å²) in [6, 6.07) is 11.5. The minimum Gasteiger partial charge on any atom is -0.367 e. The summed E-state index contributed by atoms with van der Waals surface area (Å²) in [5.41, 5.74) is 0.106. The van der Waals surface area contributed by atoms with Crippen molar-refractivity contribution in [2.24, 2.45) is 0 Å². The number of carbonyl (C=O) groups is 1. The molecule has 2 amide bonds. The molecule has 1 saturated carbocycles. The van der Waals surface area contributed by atoms with Gasteiger partial charge in [0, 0.05) is 29.3 Å². The molecule has 0 bridgehead atoms. The lowest BCUT2D eigenvalue weighted by Gasteiger charge is -2.23. The minimum absolute atomic E-state index is 0.0311. The third-order valence-electron chi connectivity index (χ3n) is 5.54. The molecule has 1 heterocycles. The van der Waals surface area contributed by atoms with Crippen molar-refractivity contribution in [1.82, 2.24) is 9.97 Å². The molecule has 2 aromatic carbocycles. The van der Waals surface area contributed by atoms with Crippen molar-refractivity contribution in [2.75, 3.05) is 21.3 Å². The highest BCUT2D eigenvalue weighted by Crippen LogP contribution is 2.36. The van der Waals surface area contributed by atoms with Crippen molar-refractivity contribution in [2.45, 2.75) is 44.3 Å². The predicted molar refractivity (Wildman–Crippen MR) is 131 cm³/mol. The van der Waals surface area contributed by atoms with Gasteiger partial charge in [0.2, 0.25) is 5.95 Å². The molecular weight excluding hydrogens is 481 g/mol. The van der Waals surface area contributed by atoms with E-state index < -0.39 is 22.8 Å². The quantitative estimate of drug-likeness (QED) is 0.283. The molecule has 0 radical (unpaired) electrons. The maximum atomic E-state index is 13.0. The zero-order valence-corrected chi connectivity index (χ0v) is 19.4. The molecule has 7 nitrogen and oxygen atoms in total. The van der Waals surface area contributed by atoms with E-state index in [-0.39, 0.29) is 5.69 Å². The molecule has 1 aliphatic rings. The number of urea groups is 1. The van der Waals surface area contributed by atoms with E-state index in [1.54, 1.807) is 30.5 Å². The highest BCUT2D eigenvalue weighted by Gasteiger charge is 2.33. The van der Waals surface area contributed by atoms with Crippen molar-refractivity contribution in [3.05, 3.63) is 65.3 Å². The summed E-state index contributed by atoms with van der Waals surface area (Å²) < 4.78 is 39.0. The second-order valence-electron chi connectivity index (χ2n) is 8.22. The van der Waals surface area contributed by atoms with Crippen LogP contribution in [0.3, 0.4) is 0 Å². The monoisotopic (exact) mass is 504 g/mol. The standard InChI is InChI=1S/C24H24ClF3N6O/c25-20-11-10-18(14-19(20)24(26,27)28)33-23(35)32-17-8-6-16(7-9-17)31-22-29-13-12-21(34-22)30-15-4-2-1-3-5-15/h6-15H,1-5H2,(H2,32,33,35)(H2,29,30,31,34). The van der Waals surface area contributed by atoms with E-state index in [1.807, 2.05) is 6.07 Å². The Morgan fingerprint density at radius 2 is 1.57 bits per heavy atom. The van der Waals surface area contributed by atoms with Crippen LogP contribution in [0.1, 0.15) is 37.7 Å². The van der Waals surface area contributed by atoms with Gasteiger partial charge in [-0.15, -0.1) is 0 Å². The lowest BCUT2D eigenvalue weighted by atomic mass is 9.95. The minimum atomic E-state index is -4.62. The van der Waals surface area contributed by atoms with Crippen LogP contribution in [0.2, 0.25) is 5.02 Å². The SMILES string of the molecule is O=C(Nc1ccc(Nc2nccc(NC3CCCCC3)n2)cc1)Nc1ccc(Cl)c(C(F)(F)F)c1. The Kier molecular flexibility index (Phi) is 7.60. The molecule has 0 aliphatic heterocycles. The summed E-state index contributed by atoms with van der Waals surface area (Å²) in [5.74, 6) is 1.20. The zero-order valence-electron chi connectivity index (χ0n) is 18.6. The summed E-state index contributed by atoms with van der Waals surface area (Å²) in [4.78, 5) is 21.0. The summed E-state index contributed by atoms with van der Waals surface area (Å²) in [5, 5.41) is 11.1. The second kappa shape index (κ2) is 10.8. The fourth-order valence-corrected chi connectivity index (χ4v) is 4.06. The van der Waals surface area contributed by atoms with E-state index in [0.717, 1.165) is 30.8 Å². The number of nitrogens with one attached hydrogen (secondary N) is 4. The smallest absolute Gasteiger partial charge is 0.367 e. The summed E-state index contributed by atoms with van der Waals surface area (Å²) in [6.07, 6.45) is 3.06. The first-order chi connectivity index (χ1) is 16.8. The third-order valence-corrected chi connectivity index (χ3v) is 5.87. The van der Waals surface area contributed by atoms with Crippen molar-refractivity contribution >= 4 is 46.5 Å². The molecule has 1 aliphatic carbocycles. The molecule has 0 saturated heterocycles. The number of hydrogen-bond acceptors (Lipinski definition) is 5. The highest BCUT2D eigenvalue weighted by molar-refractivity contribution is 6.31. The predicted octanol–water partition coefficient (Wildman–Crippen LogP) is 7.28. The van der Waals surface area contributed by atoms with Crippen LogP contribution < -0.4 is 21.3 Å². The van der Waals surface area contributed by atoms with Gasteiger partial charge in [-0.1, -0.05) is 30.9 Å². The lowest BCUT2D eigenvalue weighted by Crippen LogP contribution is -2.22. The number of amides is 2. The van der Waals surface area contributed by atoms with Gasteiger partial charge in [0.25, 0.3) is 0 Å². The molecule has 1 aromatic heterocycles. The molecule has 184 valence electrons. The summed E-state index contributed by atoms with van der Waals surface area (Å²) >= 11 is 5.61. The molecule has 1 fully saturated rings. The number of halogens is 4. The summed E-state index contributed by atoms with van der Waals surface area (Å²) in [6.45, 7) is 0. The zero-order chi connectivity index (χ0) is 24.8. The summed E-state index contributed by atoms with van der Waals surface area (Å²) in [7, 11) is 0. The van der Waals surface area contributed by atoms with Crippen LogP contribution in [-0.4, -0.2) is 22.0 Å². The Balaban J connectivity index is 1.33. The molecule has 11 heteroatoms. The normalized spacial score (nSPS) is 14.3. The van der Waals surface area contributed by atoms with Crippen LogP contribution in [0.15, 0.2) is 54.7 Å².